The van der Waals surface area contributed by atoms with Gasteiger partial charge < -0.3 is 4.57 Å². The number of carbonyl (C=O) groups is 1. The van der Waals surface area contributed by atoms with E-state index in [2.05, 4.69) is 26.2 Å². The van der Waals surface area contributed by atoms with Gasteiger partial charge in [0.05, 0.1) is 0 Å². The maximum absolute atomic E-state index is 10.7. The van der Waals surface area contributed by atoms with Gasteiger partial charge >= 0.3 is 0 Å². The number of nitrogens with one attached hydrogen (secondary N) is 1. The molecule has 0 aliphatic carbocycles. The van der Waals surface area contributed by atoms with Crippen LogP contribution in [0.25, 0.3) is 0 Å². The molecule has 0 aromatic carbocycles. The van der Waals surface area contributed by atoms with Crippen molar-refractivity contribution in [2.75, 3.05) is 5.32 Å². The van der Waals surface area contributed by atoms with Crippen molar-refractivity contribution in [3.05, 3.63) is 10.8 Å². The highest BCUT2D eigenvalue weighted by molar-refractivity contribution is 9.10. The number of imidazole rings is 1. The second-order valence-corrected chi connectivity index (χ2v) is 2.88. The van der Waals surface area contributed by atoms with Crippen molar-refractivity contribution in [3.8, 4) is 0 Å². The van der Waals surface area contributed by atoms with Crippen molar-refractivity contribution >= 4 is 27.8 Å². The lowest BCUT2D eigenvalue weighted by atomic mass is 10.6. The summed E-state index contributed by atoms with van der Waals surface area (Å²) in [5.74, 6) is 0.617. The Balaban J connectivity index is 2.47. The van der Waals surface area contributed by atoms with Crippen LogP contribution in [0.2, 0.25) is 0 Å². The molecule has 1 aromatic heterocycles. The molecule has 0 unspecified atom stereocenters. The molecule has 1 aromatic rings. The predicted molar refractivity (Wildman–Crippen MR) is 38.6 cm³/mol. The smallest absolute Gasteiger partial charge is 0.246 e. The summed E-state index contributed by atoms with van der Waals surface area (Å²) in [7, 11) is 0. The second-order valence-electron chi connectivity index (χ2n) is 2.06. The maximum atomic E-state index is 10.7. The molecule has 0 saturated carbocycles. The zero-order chi connectivity index (χ0) is 7.14. The average molecular weight is 202 g/mol. The molecule has 2 heterocycles. The van der Waals surface area contributed by atoms with Gasteiger partial charge in [0.15, 0.2) is 0 Å². The first-order valence-corrected chi connectivity index (χ1v) is 3.57. The molecule has 0 bridgehead atoms. The van der Waals surface area contributed by atoms with Crippen LogP contribution in [0.1, 0.15) is 0 Å². The molecule has 0 spiro atoms. The molecule has 1 aliphatic heterocycles. The molecule has 0 radical (unpaired) electrons. The first-order valence-electron chi connectivity index (χ1n) is 2.78. The van der Waals surface area contributed by atoms with E-state index in [4.69, 9.17) is 0 Å². The van der Waals surface area contributed by atoms with E-state index in [9.17, 15) is 4.79 Å². The molecule has 1 amide bonds. The molecule has 0 atom stereocenters. The standard InChI is InChI=1S/C5H4BrN3O/c6-3-1-9-2-4(10)8-5(9)7-3/h1H,2H2,(H,7,8,10). The monoisotopic (exact) mass is 201 g/mol. The molecule has 2 rings (SSSR count). The third-order valence-corrected chi connectivity index (χ3v) is 1.69. The molecule has 5 heteroatoms. The number of halogens is 1. The highest BCUT2D eigenvalue weighted by Gasteiger charge is 2.18. The maximum Gasteiger partial charge on any atom is 0.246 e. The lowest BCUT2D eigenvalue weighted by molar-refractivity contribution is -0.115. The average Bonchev–Trinajstić information content (AvgIpc) is 2.21. The Hall–Kier alpha value is -0.840. The Bertz CT molecular complexity index is 268. The fourth-order valence-corrected chi connectivity index (χ4v) is 1.34. The topological polar surface area (TPSA) is 46.9 Å². The summed E-state index contributed by atoms with van der Waals surface area (Å²) in [6.07, 6.45) is 1.77. The van der Waals surface area contributed by atoms with E-state index >= 15 is 0 Å². The summed E-state index contributed by atoms with van der Waals surface area (Å²) in [4.78, 5) is 14.7. The largest absolute Gasteiger partial charge is 0.307 e. The Kier molecular flexibility index (Phi) is 1.08. The van der Waals surface area contributed by atoms with Crippen LogP contribution >= 0.6 is 15.9 Å². The van der Waals surface area contributed by atoms with E-state index in [0.717, 1.165) is 4.60 Å². The predicted octanol–water partition coefficient (Wildman–Crippen LogP) is 0.598. The summed E-state index contributed by atoms with van der Waals surface area (Å²) < 4.78 is 2.51. The molecule has 4 nitrogen and oxygen atoms in total. The molecule has 0 saturated heterocycles. The zero-order valence-corrected chi connectivity index (χ0v) is 6.55. The number of nitrogens with zero attached hydrogens (tertiary/aromatic N) is 2. The summed E-state index contributed by atoms with van der Waals surface area (Å²) >= 11 is 3.19. The normalized spacial score (nSPS) is 15.1. The number of amides is 1. The van der Waals surface area contributed by atoms with Crippen molar-refractivity contribution < 1.29 is 4.79 Å². The van der Waals surface area contributed by atoms with Gasteiger partial charge in [-0.2, -0.15) is 0 Å². The third kappa shape index (κ3) is 0.740. The van der Waals surface area contributed by atoms with Crippen molar-refractivity contribution in [2.24, 2.45) is 0 Å². The van der Waals surface area contributed by atoms with Crippen molar-refractivity contribution in [3.63, 3.8) is 0 Å². The van der Waals surface area contributed by atoms with Crippen LogP contribution in [0, 0.1) is 0 Å². The number of carbonyl (C=O) groups excluding carboxylic acids is 1. The van der Waals surface area contributed by atoms with E-state index in [1.165, 1.54) is 0 Å². The van der Waals surface area contributed by atoms with Crippen molar-refractivity contribution in [1.82, 2.24) is 9.55 Å². The number of anilines is 1. The van der Waals surface area contributed by atoms with E-state index in [1.54, 1.807) is 10.8 Å². The van der Waals surface area contributed by atoms with Crippen molar-refractivity contribution in [2.45, 2.75) is 6.54 Å². The summed E-state index contributed by atoms with van der Waals surface area (Å²) in [5, 5.41) is 2.60. The third-order valence-electron chi connectivity index (χ3n) is 1.31. The van der Waals surface area contributed by atoms with Gasteiger partial charge in [-0.3, -0.25) is 10.1 Å². The molecule has 0 fully saturated rings. The van der Waals surface area contributed by atoms with Crippen LogP contribution in [0.5, 0.6) is 0 Å². The van der Waals surface area contributed by atoms with Gasteiger partial charge in [-0.15, -0.1) is 0 Å². The fraction of sp³-hybridized carbons (Fsp3) is 0.200. The van der Waals surface area contributed by atoms with E-state index in [-0.39, 0.29) is 5.91 Å². The van der Waals surface area contributed by atoms with Crippen LogP contribution in [-0.4, -0.2) is 15.5 Å². The highest BCUT2D eigenvalue weighted by Crippen LogP contribution is 2.17. The van der Waals surface area contributed by atoms with Gasteiger partial charge in [0, 0.05) is 6.20 Å². The van der Waals surface area contributed by atoms with Crippen LogP contribution in [0.3, 0.4) is 0 Å². The summed E-state index contributed by atoms with van der Waals surface area (Å²) in [5.41, 5.74) is 0. The van der Waals surface area contributed by atoms with Crippen LogP contribution in [0.15, 0.2) is 10.8 Å². The number of rotatable bonds is 0. The van der Waals surface area contributed by atoms with Gasteiger partial charge in [-0.1, -0.05) is 0 Å². The lowest BCUT2D eigenvalue weighted by Crippen LogP contribution is -2.05. The number of aromatic nitrogens is 2. The van der Waals surface area contributed by atoms with Crippen molar-refractivity contribution in [1.29, 1.82) is 0 Å². The van der Waals surface area contributed by atoms with Gasteiger partial charge in [0.2, 0.25) is 11.9 Å². The number of hydrogen-bond acceptors (Lipinski definition) is 2. The zero-order valence-electron chi connectivity index (χ0n) is 4.97. The molecule has 52 valence electrons. The first-order chi connectivity index (χ1) is 4.75. The molecule has 10 heavy (non-hydrogen) atoms. The Morgan fingerprint density at radius 2 is 2.60 bits per heavy atom. The van der Waals surface area contributed by atoms with E-state index in [1.807, 2.05) is 0 Å². The highest BCUT2D eigenvalue weighted by atomic mass is 79.9. The molecular formula is C5H4BrN3O. The van der Waals surface area contributed by atoms with E-state index in [0.29, 0.717) is 12.5 Å². The van der Waals surface area contributed by atoms with Gasteiger partial charge in [-0.25, -0.2) is 4.98 Å². The van der Waals surface area contributed by atoms with Crippen LogP contribution in [0.4, 0.5) is 5.95 Å². The fourth-order valence-electron chi connectivity index (χ4n) is 0.923. The Morgan fingerprint density at radius 3 is 3.30 bits per heavy atom. The van der Waals surface area contributed by atoms with Gasteiger partial charge in [0.25, 0.3) is 0 Å². The number of fused-ring (bicyclic) bond motifs is 1. The van der Waals surface area contributed by atoms with Crippen LogP contribution < -0.4 is 5.32 Å². The first kappa shape index (κ1) is 5.91. The van der Waals surface area contributed by atoms with Gasteiger partial charge in [-0.05, 0) is 15.9 Å². The Morgan fingerprint density at radius 1 is 1.80 bits per heavy atom. The van der Waals surface area contributed by atoms with E-state index < -0.39 is 0 Å². The second kappa shape index (κ2) is 1.82. The SMILES string of the molecule is O=C1Cn2cc(Br)nc2N1. The molecular weight excluding hydrogens is 198 g/mol. The summed E-state index contributed by atoms with van der Waals surface area (Å²) in [6, 6.07) is 0. The lowest BCUT2D eigenvalue weighted by Gasteiger charge is -1.84. The quantitative estimate of drug-likeness (QED) is 0.669. The molecule has 1 aliphatic rings. The van der Waals surface area contributed by atoms with Gasteiger partial charge in [0.1, 0.15) is 11.1 Å². The minimum atomic E-state index is -0.00463. The molecule has 1 N–H and O–H groups in total. The minimum Gasteiger partial charge on any atom is -0.307 e. The Labute approximate surface area is 65.4 Å². The minimum absolute atomic E-state index is 0.00463. The van der Waals surface area contributed by atoms with Crippen LogP contribution in [-0.2, 0) is 11.3 Å². The number of hydrogen-bond donors (Lipinski definition) is 1. The summed E-state index contributed by atoms with van der Waals surface area (Å²) in [6.45, 7) is 0.383.